The predicted octanol–water partition coefficient (Wildman–Crippen LogP) is 3.30. The molecule has 64 valence electrons. The van der Waals surface area contributed by atoms with Crippen LogP contribution in [0.4, 0.5) is 0 Å². The molecule has 12 heavy (non-hydrogen) atoms. The van der Waals surface area contributed by atoms with Gasteiger partial charge >= 0.3 is 0 Å². The van der Waals surface area contributed by atoms with Crippen LogP contribution in [0.15, 0.2) is 18.2 Å². The van der Waals surface area contributed by atoms with E-state index in [-0.39, 0.29) is 0 Å². The van der Waals surface area contributed by atoms with Gasteiger partial charge in [-0.1, -0.05) is 37.3 Å². The fourth-order valence-corrected chi connectivity index (χ4v) is 1.44. The first-order valence-electron chi connectivity index (χ1n) is 4.25. The quantitative estimate of drug-likeness (QED) is 0.494. The lowest BCUT2D eigenvalue weighted by Crippen LogP contribution is -1.93. The molecule has 0 saturated heterocycles. The summed E-state index contributed by atoms with van der Waals surface area (Å²) in [6.45, 7) is 6.28. The van der Waals surface area contributed by atoms with Crippen molar-refractivity contribution in [1.29, 1.82) is 0 Å². The van der Waals surface area contributed by atoms with Crippen LogP contribution >= 0.6 is 12.2 Å². The second kappa shape index (κ2) is 3.81. The van der Waals surface area contributed by atoms with Crippen molar-refractivity contribution >= 4 is 17.1 Å². The summed E-state index contributed by atoms with van der Waals surface area (Å²) in [5.74, 6) is 0. The third-order valence-electron chi connectivity index (χ3n) is 2.13. The molecule has 0 spiro atoms. The summed E-state index contributed by atoms with van der Waals surface area (Å²) in [7, 11) is 0. The molecule has 0 saturated carbocycles. The molecular weight excluding hydrogens is 164 g/mol. The molecule has 1 heteroatoms. The highest BCUT2D eigenvalue weighted by Crippen LogP contribution is 2.12. The molecule has 0 fully saturated rings. The van der Waals surface area contributed by atoms with Crippen LogP contribution in [-0.2, 0) is 6.42 Å². The first kappa shape index (κ1) is 9.40. The summed E-state index contributed by atoms with van der Waals surface area (Å²) < 4.78 is 0. The first-order valence-corrected chi connectivity index (χ1v) is 4.66. The lowest BCUT2D eigenvalue weighted by molar-refractivity contribution is 1.11. The molecule has 0 N–H and O–H groups in total. The minimum Gasteiger partial charge on any atom is -0.0846 e. The Kier molecular flexibility index (Phi) is 2.99. The van der Waals surface area contributed by atoms with Crippen molar-refractivity contribution < 1.29 is 0 Å². The molecule has 0 aromatic heterocycles. The average molecular weight is 178 g/mol. The van der Waals surface area contributed by atoms with E-state index in [0.717, 1.165) is 11.3 Å². The fourth-order valence-electron chi connectivity index (χ4n) is 1.31. The smallest absolute Gasteiger partial charge is 0.0193 e. The van der Waals surface area contributed by atoms with Gasteiger partial charge in [-0.3, -0.25) is 0 Å². The van der Waals surface area contributed by atoms with Crippen molar-refractivity contribution in [3.63, 3.8) is 0 Å². The largest absolute Gasteiger partial charge is 0.0846 e. The van der Waals surface area contributed by atoms with Crippen LogP contribution in [0.5, 0.6) is 0 Å². The molecule has 1 rings (SSSR count). The molecule has 1 aromatic carbocycles. The van der Waals surface area contributed by atoms with Gasteiger partial charge in [0.1, 0.15) is 0 Å². The minimum absolute atomic E-state index is 0.973. The Morgan fingerprint density at radius 1 is 1.42 bits per heavy atom. The van der Waals surface area contributed by atoms with E-state index in [1.165, 1.54) is 16.7 Å². The molecule has 0 atom stereocenters. The van der Waals surface area contributed by atoms with Gasteiger partial charge in [-0.05, 0) is 37.0 Å². The molecule has 0 amide bonds. The fraction of sp³-hybridized carbons (Fsp3) is 0.364. The molecule has 1 aromatic rings. The van der Waals surface area contributed by atoms with E-state index in [2.05, 4.69) is 32.0 Å². The van der Waals surface area contributed by atoms with Crippen LogP contribution in [0.2, 0.25) is 0 Å². The average Bonchev–Trinajstić information content (AvgIpc) is 2.04. The normalized spacial score (nSPS) is 9.92. The molecular formula is C11H14S. The van der Waals surface area contributed by atoms with Gasteiger partial charge in [0.2, 0.25) is 0 Å². The Bertz CT molecular complexity index is 300. The van der Waals surface area contributed by atoms with E-state index in [1.54, 1.807) is 0 Å². The molecule has 0 aliphatic carbocycles. The van der Waals surface area contributed by atoms with E-state index < -0.39 is 0 Å². The van der Waals surface area contributed by atoms with Crippen molar-refractivity contribution in [2.45, 2.75) is 27.2 Å². The topological polar surface area (TPSA) is 0 Å². The highest BCUT2D eigenvalue weighted by molar-refractivity contribution is 7.80. The van der Waals surface area contributed by atoms with E-state index in [1.807, 2.05) is 6.92 Å². The van der Waals surface area contributed by atoms with Gasteiger partial charge < -0.3 is 0 Å². The van der Waals surface area contributed by atoms with Crippen molar-refractivity contribution in [3.05, 3.63) is 34.9 Å². The minimum atomic E-state index is 0.973. The van der Waals surface area contributed by atoms with Crippen molar-refractivity contribution in [1.82, 2.24) is 0 Å². The number of hydrogen-bond donors (Lipinski definition) is 0. The van der Waals surface area contributed by atoms with Gasteiger partial charge in [0, 0.05) is 4.86 Å². The zero-order valence-corrected chi connectivity index (χ0v) is 8.66. The summed E-state index contributed by atoms with van der Waals surface area (Å²) in [5, 5.41) is 0. The lowest BCUT2D eigenvalue weighted by Gasteiger charge is -2.04. The second-order valence-electron chi connectivity index (χ2n) is 3.05. The number of aryl methyl sites for hydroxylation is 2. The molecule has 0 nitrogen and oxygen atoms in total. The highest BCUT2D eigenvalue weighted by atomic mass is 32.1. The van der Waals surface area contributed by atoms with Crippen LogP contribution in [0, 0.1) is 6.92 Å². The maximum Gasteiger partial charge on any atom is 0.0193 e. The monoisotopic (exact) mass is 178 g/mol. The van der Waals surface area contributed by atoms with Gasteiger partial charge in [0.25, 0.3) is 0 Å². The van der Waals surface area contributed by atoms with Crippen molar-refractivity contribution in [2.75, 3.05) is 0 Å². The SMILES string of the molecule is CCc1ccc(C(C)=S)cc1C. The second-order valence-corrected chi connectivity index (χ2v) is 3.66. The summed E-state index contributed by atoms with van der Waals surface area (Å²) in [4.78, 5) is 0.973. The Labute approximate surface area is 79.6 Å². The summed E-state index contributed by atoms with van der Waals surface area (Å²) in [5.41, 5.74) is 3.94. The zero-order chi connectivity index (χ0) is 9.14. The van der Waals surface area contributed by atoms with Crippen molar-refractivity contribution in [3.8, 4) is 0 Å². The number of rotatable bonds is 2. The van der Waals surface area contributed by atoms with Gasteiger partial charge in [0.15, 0.2) is 0 Å². The van der Waals surface area contributed by atoms with E-state index in [9.17, 15) is 0 Å². The predicted molar refractivity (Wildman–Crippen MR) is 57.9 cm³/mol. The molecule has 0 unspecified atom stereocenters. The molecule has 0 aliphatic rings. The lowest BCUT2D eigenvalue weighted by atomic mass is 10.0. The Hall–Kier alpha value is -0.690. The van der Waals surface area contributed by atoms with E-state index >= 15 is 0 Å². The van der Waals surface area contributed by atoms with Gasteiger partial charge in [-0.25, -0.2) is 0 Å². The molecule has 0 aliphatic heterocycles. The van der Waals surface area contributed by atoms with Gasteiger partial charge in [-0.15, -0.1) is 0 Å². The van der Waals surface area contributed by atoms with Crippen LogP contribution in [0.1, 0.15) is 30.5 Å². The van der Waals surface area contributed by atoms with Crippen molar-refractivity contribution in [2.24, 2.45) is 0 Å². The van der Waals surface area contributed by atoms with E-state index in [0.29, 0.717) is 0 Å². The summed E-state index contributed by atoms with van der Waals surface area (Å²) in [6, 6.07) is 6.44. The number of benzene rings is 1. The maximum atomic E-state index is 5.10. The van der Waals surface area contributed by atoms with Crippen LogP contribution < -0.4 is 0 Å². The molecule has 0 bridgehead atoms. The zero-order valence-electron chi connectivity index (χ0n) is 7.85. The number of hydrogen-bond acceptors (Lipinski definition) is 1. The molecule has 0 heterocycles. The highest BCUT2D eigenvalue weighted by Gasteiger charge is 1.98. The maximum absolute atomic E-state index is 5.10. The first-order chi connectivity index (χ1) is 5.65. The summed E-state index contributed by atoms with van der Waals surface area (Å²) >= 11 is 5.10. The third kappa shape index (κ3) is 1.92. The van der Waals surface area contributed by atoms with Crippen LogP contribution in [-0.4, -0.2) is 4.86 Å². The van der Waals surface area contributed by atoms with E-state index in [4.69, 9.17) is 12.2 Å². The Balaban J connectivity index is 3.10. The molecule has 0 radical (unpaired) electrons. The Morgan fingerprint density at radius 2 is 2.08 bits per heavy atom. The van der Waals surface area contributed by atoms with Crippen LogP contribution in [0.3, 0.4) is 0 Å². The standard InChI is InChI=1S/C11H14S/c1-4-10-5-6-11(9(3)12)7-8(10)2/h5-7H,4H2,1-3H3. The Morgan fingerprint density at radius 3 is 2.50 bits per heavy atom. The van der Waals surface area contributed by atoms with Crippen LogP contribution in [0.25, 0.3) is 0 Å². The van der Waals surface area contributed by atoms with Gasteiger partial charge in [-0.2, -0.15) is 0 Å². The number of thiocarbonyl (C=S) groups is 1. The summed E-state index contributed by atoms with van der Waals surface area (Å²) in [6.07, 6.45) is 1.10. The van der Waals surface area contributed by atoms with Gasteiger partial charge in [0.05, 0.1) is 0 Å². The third-order valence-corrected chi connectivity index (χ3v) is 2.37.